The highest BCUT2D eigenvalue weighted by Gasteiger charge is 2.54. The monoisotopic (exact) mass is 647 g/mol. The van der Waals surface area contributed by atoms with Gasteiger partial charge in [0.05, 0.1) is 23.8 Å². The molecule has 0 saturated carbocycles. The number of nitrogens with zero attached hydrogens (tertiary/aromatic N) is 3. The first-order valence-corrected chi connectivity index (χ1v) is 15.2. The van der Waals surface area contributed by atoms with Crippen molar-refractivity contribution in [2.24, 2.45) is 16.7 Å². The van der Waals surface area contributed by atoms with E-state index in [1.54, 1.807) is 41.5 Å². The van der Waals surface area contributed by atoms with Gasteiger partial charge >= 0.3 is 19.8 Å². The van der Waals surface area contributed by atoms with Gasteiger partial charge in [-0.3, -0.25) is 28.5 Å². The molecule has 1 fully saturated rings. The topological polar surface area (TPSA) is 182 Å². The lowest BCUT2D eigenvalue weighted by molar-refractivity contribution is -0.164. The summed E-state index contributed by atoms with van der Waals surface area (Å²) in [6.07, 6.45) is -0.618. The van der Waals surface area contributed by atoms with Crippen LogP contribution < -0.4 is 10.9 Å². The third kappa shape index (κ3) is 7.91. The smallest absolute Gasteiger partial charge is 0.437 e. The standard InChI is InChI=1S/C27H41FN5O10P/c1-10-27(12-40-44(37,41-14-38-22(35)25(4,5)6)42-15-39-23(36)26(7,8)9)16(3)17(28)21(43-27)33-13-30-18-19(33)31-24(29-11-2)32-20(18)34/h10,13,16-17,21H,1,11-12,14-15H2,2-9H3,(H2,29,31,32,34)/t16-,17+,21+,27+/m0/s1/i2T. The number of hydrogen-bond acceptors (Lipinski definition) is 13. The highest BCUT2D eigenvalue weighted by atomic mass is 31.2. The number of hydrogen-bond donors (Lipinski definition) is 2. The number of aromatic amines is 1. The van der Waals surface area contributed by atoms with E-state index in [9.17, 15) is 18.9 Å². The number of carbonyl (C=O) groups is 2. The summed E-state index contributed by atoms with van der Waals surface area (Å²) in [5, 5.41) is 2.80. The van der Waals surface area contributed by atoms with Gasteiger partial charge in [-0.05, 0) is 48.4 Å². The van der Waals surface area contributed by atoms with Gasteiger partial charge < -0.3 is 19.5 Å². The van der Waals surface area contributed by atoms with E-state index in [0.29, 0.717) is 0 Å². The first-order valence-electron chi connectivity index (χ1n) is 14.4. The molecule has 0 radical (unpaired) electrons. The molecule has 0 spiro atoms. The predicted molar refractivity (Wildman–Crippen MR) is 156 cm³/mol. The van der Waals surface area contributed by atoms with Gasteiger partial charge in [-0.25, -0.2) is 23.0 Å². The van der Waals surface area contributed by atoms with Crippen molar-refractivity contribution in [3.8, 4) is 0 Å². The number of aromatic nitrogens is 4. The van der Waals surface area contributed by atoms with Crippen molar-refractivity contribution < 1.29 is 47.7 Å². The molecule has 246 valence electrons. The van der Waals surface area contributed by atoms with Gasteiger partial charge in [-0.2, -0.15) is 4.98 Å². The molecule has 1 aliphatic heterocycles. The molecule has 2 N–H and O–H groups in total. The van der Waals surface area contributed by atoms with Gasteiger partial charge in [-0.15, -0.1) is 6.58 Å². The van der Waals surface area contributed by atoms with Crippen LogP contribution in [0.25, 0.3) is 11.2 Å². The van der Waals surface area contributed by atoms with Crippen LogP contribution in [0.5, 0.6) is 0 Å². The molecule has 2 aromatic rings. The SMILES string of the molecule is [3H]CCNc1nc2c(ncn2[C@@H]2O[C@](C=C)(COP(=O)(OCOC(=O)C(C)(C)C)OCOC(=O)C(C)(C)C)[C@@H](C)[C@H]2F)c(=O)[nH]1. The third-order valence-electron chi connectivity index (χ3n) is 6.68. The lowest BCUT2D eigenvalue weighted by Crippen LogP contribution is -2.38. The Hall–Kier alpha value is -3.17. The number of fused-ring (bicyclic) bond motifs is 1. The van der Waals surface area contributed by atoms with E-state index in [1.807, 2.05) is 0 Å². The molecular weight excluding hydrogens is 604 g/mol. The van der Waals surface area contributed by atoms with Crippen molar-refractivity contribution in [1.29, 1.82) is 0 Å². The van der Waals surface area contributed by atoms with E-state index in [4.69, 9.17) is 29.2 Å². The fourth-order valence-corrected chi connectivity index (χ4v) is 4.86. The Labute approximate surface area is 255 Å². The highest BCUT2D eigenvalue weighted by molar-refractivity contribution is 7.48. The fourth-order valence-electron chi connectivity index (χ4n) is 3.91. The number of rotatable bonds is 13. The summed E-state index contributed by atoms with van der Waals surface area (Å²) < 4.78 is 70.2. The van der Waals surface area contributed by atoms with Crippen LogP contribution in [-0.4, -0.2) is 70.0 Å². The number of phosphoric ester groups is 1. The Morgan fingerprint density at radius 1 is 1.20 bits per heavy atom. The minimum atomic E-state index is -4.64. The molecule has 4 atom stereocenters. The number of imidazole rings is 1. The van der Waals surface area contributed by atoms with E-state index in [0.717, 1.165) is 0 Å². The second-order valence-corrected chi connectivity index (χ2v) is 13.8. The largest absolute Gasteiger partial charge is 0.480 e. The average Bonchev–Trinajstić information content (AvgIpc) is 3.49. The molecule has 2 aromatic heterocycles. The van der Waals surface area contributed by atoms with Gasteiger partial charge in [0.1, 0.15) is 5.60 Å². The minimum Gasteiger partial charge on any atom is -0.437 e. The first kappa shape index (κ1) is 33.7. The normalized spacial score (nSPS) is 22.9. The van der Waals surface area contributed by atoms with Crippen LogP contribution in [0.15, 0.2) is 23.8 Å². The number of alkyl halides is 1. The van der Waals surface area contributed by atoms with Crippen molar-refractivity contribution in [3.05, 3.63) is 29.3 Å². The Morgan fingerprint density at radius 3 is 2.32 bits per heavy atom. The molecule has 3 rings (SSSR count). The predicted octanol–water partition coefficient (Wildman–Crippen LogP) is 4.23. The van der Waals surface area contributed by atoms with E-state index in [2.05, 4.69) is 26.8 Å². The van der Waals surface area contributed by atoms with E-state index in [1.165, 1.54) is 23.9 Å². The Balaban J connectivity index is 1.84. The maximum Gasteiger partial charge on any atom is 0.480 e. The number of carbonyl (C=O) groups excluding carboxylic acids is 2. The molecule has 3 heterocycles. The summed E-state index contributed by atoms with van der Waals surface area (Å²) in [4.78, 5) is 47.8. The number of H-pyrrole nitrogens is 1. The number of anilines is 1. The lowest BCUT2D eigenvalue weighted by atomic mass is 9.88. The van der Waals surface area contributed by atoms with Crippen molar-refractivity contribution in [3.63, 3.8) is 0 Å². The number of ether oxygens (including phenoxy) is 3. The number of halogens is 1. The number of esters is 2. The second-order valence-electron chi connectivity index (χ2n) is 12.1. The molecule has 17 heteroatoms. The maximum absolute atomic E-state index is 15.9. The number of nitrogens with one attached hydrogen (secondary N) is 2. The Kier molecular flexibility index (Phi) is 10.3. The van der Waals surface area contributed by atoms with E-state index >= 15 is 4.39 Å². The quantitative estimate of drug-likeness (QED) is 0.136. The molecule has 15 nitrogen and oxygen atoms in total. The van der Waals surface area contributed by atoms with Crippen molar-refractivity contribution >= 4 is 36.9 Å². The van der Waals surface area contributed by atoms with Crippen LogP contribution in [0.1, 0.15) is 63.0 Å². The van der Waals surface area contributed by atoms with Crippen LogP contribution >= 0.6 is 7.82 Å². The minimum absolute atomic E-state index is 0.0190. The fraction of sp³-hybridized carbons (Fsp3) is 0.667. The van der Waals surface area contributed by atoms with Gasteiger partial charge in [0.2, 0.25) is 19.5 Å². The van der Waals surface area contributed by atoms with Crippen molar-refractivity contribution in [2.45, 2.75) is 73.4 Å². The summed E-state index contributed by atoms with van der Waals surface area (Å²) >= 11 is 0. The van der Waals surface area contributed by atoms with Crippen LogP contribution in [0.4, 0.5) is 10.3 Å². The Bertz CT molecular complexity index is 1450. The van der Waals surface area contributed by atoms with Crippen LogP contribution in [-0.2, 0) is 41.9 Å². The molecular formula is C27H41FN5O10P. The zero-order valence-electron chi connectivity index (χ0n) is 26.9. The van der Waals surface area contributed by atoms with Crippen LogP contribution in [0, 0.1) is 16.7 Å². The van der Waals surface area contributed by atoms with Crippen molar-refractivity contribution in [2.75, 3.05) is 32.1 Å². The molecule has 0 bridgehead atoms. The molecule has 0 unspecified atom stereocenters. The highest BCUT2D eigenvalue weighted by Crippen LogP contribution is 2.53. The summed E-state index contributed by atoms with van der Waals surface area (Å²) in [5.41, 5.74) is -4.04. The van der Waals surface area contributed by atoms with Crippen LogP contribution in [0.2, 0.25) is 0 Å². The Morgan fingerprint density at radius 2 is 1.80 bits per heavy atom. The van der Waals surface area contributed by atoms with Gasteiger partial charge in [0, 0.05) is 13.8 Å². The summed E-state index contributed by atoms with van der Waals surface area (Å²) in [6.45, 7) is 12.9. The first-order chi connectivity index (χ1) is 20.9. The lowest BCUT2D eigenvalue weighted by Gasteiger charge is -2.30. The molecule has 0 aliphatic carbocycles. The molecule has 0 amide bonds. The zero-order valence-corrected chi connectivity index (χ0v) is 26.8. The van der Waals surface area contributed by atoms with Gasteiger partial charge in [-0.1, -0.05) is 13.0 Å². The van der Waals surface area contributed by atoms with Crippen LogP contribution in [0.3, 0.4) is 0 Å². The maximum atomic E-state index is 15.9. The third-order valence-corrected chi connectivity index (χ3v) is 7.97. The summed E-state index contributed by atoms with van der Waals surface area (Å²) in [6, 6.07) is 0. The second kappa shape index (κ2) is 13.4. The molecule has 44 heavy (non-hydrogen) atoms. The molecule has 1 aliphatic rings. The summed E-state index contributed by atoms with van der Waals surface area (Å²) in [7, 11) is -4.64. The van der Waals surface area contributed by atoms with Gasteiger partial charge in [0.15, 0.2) is 23.6 Å². The van der Waals surface area contributed by atoms with Gasteiger partial charge in [0.25, 0.3) is 5.56 Å². The van der Waals surface area contributed by atoms with E-state index in [-0.39, 0.29) is 30.6 Å². The zero-order chi connectivity index (χ0) is 33.8. The summed E-state index contributed by atoms with van der Waals surface area (Å²) in [5.74, 6) is -2.23. The molecule has 1 saturated heterocycles. The van der Waals surface area contributed by atoms with Crippen molar-refractivity contribution in [1.82, 2.24) is 19.5 Å². The molecule has 0 aromatic carbocycles. The average molecular weight is 648 g/mol. The number of phosphoric acid groups is 1. The van der Waals surface area contributed by atoms with E-state index < -0.39 is 80.3 Å².